The monoisotopic (exact) mass is 457 g/mol. The number of unbranched alkanes of at least 4 members (excludes halogenated alkanes) is 1. The van der Waals surface area contributed by atoms with E-state index in [2.05, 4.69) is 21.4 Å². The Morgan fingerprint density at radius 3 is 2.76 bits per heavy atom. The molecule has 1 aliphatic carbocycles. The number of nitrogens with zero attached hydrogens (tertiary/aromatic N) is 1. The number of aromatic amines is 1. The zero-order chi connectivity index (χ0) is 23.0. The molecule has 0 aromatic carbocycles. The number of allylic oxidation sites excluding steroid dienone is 2. The maximum Gasteiger partial charge on any atom is 0.303 e. The lowest BCUT2D eigenvalue weighted by Gasteiger charge is -2.25. The number of hydrogen-bond donors (Lipinski definition) is 3. The molecule has 182 valence electrons. The number of nitrogens with one attached hydrogen (secondary N) is 2. The number of amides is 1. The van der Waals surface area contributed by atoms with Gasteiger partial charge in [0.2, 0.25) is 0 Å². The molecule has 3 heterocycles. The van der Waals surface area contributed by atoms with Crippen molar-refractivity contribution in [3.63, 3.8) is 0 Å². The Bertz CT molecular complexity index is 814. The molecule has 1 aromatic rings. The molecule has 0 spiro atoms. The molecule has 3 fully saturated rings. The van der Waals surface area contributed by atoms with Crippen molar-refractivity contribution in [1.82, 2.24) is 15.3 Å². The number of carbonyl (C=O) groups excluding carboxylic acids is 1. The molecule has 3 aliphatic rings. The fraction of sp³-hybridized carbons (Fsp3) is 0.731. The summed E-state index contributed by atoms with van der Waals surface area (Å²) >= 11 is 0. The predicted octanol–water partition coefficient (Wildman–Crippen LogP) is 4.96. The first kappa shape index (κ1) is 24.0. The van der Waals surface area contributed by atoms with E-state index >= 15 is 0 Å². The Morgan fingerprint density at radius 1 is 1.12 bits per heavy atom. The Morgan fingerprint density at radius 2 is 1.94 bits per heavy atom. The molecule has 3 N–H and O–H groups in total. The van der Waals surface area contributed by atoms with Crippen LogP contribution in [0.25, 0.3) is 0 Å². The zero-order valence-corrected chi connectivity index (χ0v) is 19.6. The largest absolute Gasteiger partial charge is 0.481 e. The molecule has 2 aliphatic heterocycles. The Balaban J connectivity index is 1.23. The smallest absolute Gasteiger partial charge is 0.303 e. The minimum Gasteiger partial charge on any atom is -0.481 e. The van der Waals surface area contributed by atoms with E-state index in [0.717, 1.165) is 37.4 Å². The first-order valence-corrected chi connectivity index (χ1v) is 13.0. The van der Waals surface area contributed by atoms with Gasteiger partial charge >= 0.3 is 5.97 Å². The quantitative estimate of drug-likeness (QED) is 0.304. The SMILES string of the molecule is O=C(O)CCC=CC[C@@H]1[C@H](c2ncc(C(=O)NCCCCC3CCCCC3)[nH]2)[C@H]2CC[C@@H]1O2. The number of ether oxygens (including phenoxy) is 1. The molecule has 1 saturated carbocycles. The number of aliphatic carboxylic acids is 1. The maximum absolute atomic E-state index is 12.6. The van der Waals surface area contributed by atoms with Crippen LogP contribution < -0.4 is 5.32 Å². The predicted molar refractivity (Wildman–Crippen MR) is 126 cm³/mol. The summed E-state index contributed by atoms with van der Waals surface area (Å²) in [6.45, 7) is 0.709. The summed E-state index contributed by atoms with van der Waals surface area (Å²) in [6.07, 6.45) is 20.1. The summed E-state index contributed by atoms with van der Waals surface area (Å²) in [6, 6.07) is 0. The van der Waals surface area contributed by atoms with E-state index in [1.54, 1.807) is 6.20 Å². The Labute approximate surface area is 196 Å². The van der Waals surface area contributed by atoms with Crippen LogP contribution >= 0.6 is 0 Å². The van der Waals surface area contributed by atoms with E-state index in [9.17, 15) is 9.59 Å². The highest BCUT2D eigenvalue weighted by Gasteiger charge is 2.50. The van der Waals surface area contributed by atoms with Crippen molar-refractivity contribution in [3.8, 4) is 0 Å². The van der Waals surface area contributed by atoms with E-state index in [1.807, 2.05) is 6.08 Å². The molecule has 7 heteroatoms. The summed E-state index contributed by atoms with van der Waals surface area (Å²) in [4.78, 5) is 31.1. The molecular weight excluding hydrogens is 418 g/mol. The molecule has 7 nitrogen and oxygen atoms in total. The molecule has 2 saturated heterocycles. The van der Waals surface area contributed by atoms with Crippen LogP contribution in [0, 0.1) is 11.8 Å². The summed E-state index contributed by atoms with van der Waals surface area (Å²) in [7, 11) is 0. The summed E-state index contributed by atoms with van der Waals surface area (Å²) in [5.74, 6) is 1.35. The second kappa shape index (κ2) is 11.8. The molecule has 0 unspecified atom stereocenters. The molecule has 4 atom stereocenters. The number of aromatic nitrogens is 2. The summed E-state index contributed by atoms with van der Waals surface area (Å²) in [5.41, 5.74) is 0.524. The normalized spacial score (nSPS) is 27.4. The van der Waals surface area contributed by atoms with Crippen LogP contribution in [-0.4, -0.2) is 45.7 Å². The number of carbonyl (C=O) groups is 2. The van der Waals surface area contributed by atoms with Crippen LogP contribution in [0.2, 0.25) is 0 Å². The highest BCUT2D eigenvalue weighted by molar-refractivity contribution is 5.92. The van der Waals surface area contributed by atoms with Gasteiger partial charge in [-0.1, -0.05) is 57.1 Å². The van der Waals surface area contributed by atoms with Gasteiger partial charge in [0.05, 0.1) is 18.4 Å². The number of carboxylic acids is 1. The van der Waals surface area contributed by atoms with Crippen molar-refractivity contribution >= 4 is 11.9 Å². The first-order chi connectivity index (χ1) is 16.1. The molecule has 2 bridgehead atoms. The van der Waals surface area contributed by atoms with Crippen molar-refractivity contribution in [1.29, 1.82) is 0 Å². The van der Waals surface area contributed by atoms with Gasteiger partial charge < -0.3 is 20.1 Å². The molecule has 0 radical (unpaired) electrons. The van der Waals surface area contributed by atoms with Crippen molar-refractivity contribution in [2.24, 2.45) is 11.8 Å². The van der Waals surface area contributed by atoms with Crippen molar-refractivity contribution in [3.05, 3.63) is 29.9 Å². The van der Waals surface area contributed by atoms with Gasteiger partial charge in [0, 0.05) is 24.8 Å². The van der Waals surface area contributed by atoms with Gasteiger partial charge in [-0.25, -0.2) is 4.98 Å². The van der Waals surface area contributed by atoms with Gasteiger partial charge in [0.25, 0.3) is 5.91 Å². The summed E-state index contributed by atoms with van der Waals surface area (Å²) in [5, 5.41) is 11.8. The van der Waals surface area contributed by atoms with Gasteiger partial charge in [-0.05, 0) is 38.0 Å². The maximum atomic E-state index is 12.6. The van der Waals surface area contributed by atoms with Gasteiger partial charge in [-0.3, -0.25) is 9.59 Å². The fourth-order valence-electron chi connectivity index (χ4n) is 5.98. The first-order valence-electron chi connectivity index (χ1n) is 13.0. The molecule has 1 amide bonds. The third-order valence-corrected chi connectivity index (χ3v) is 7.73. The van der Waals surface area contributed by atoms with Crippen molar-refractivity contribution < 1.29 is 19.4 Å². The number of carboxylic acid groups (broad SMARTS) is 1. The number of rotatable bonds is 12. The fourth-order valence-corrected chi connectivity index (χ4v) is 5.98. The average molecular weight is 458 g/mol. The van der Waals surface area contributed by atoms with E-state index in [0.29, 0.717) is 24.6 Å². The number of fused-ring (bicyclic) bond motifs is 2. The standard InChI is InChI=1S/C26H39N3O4/c30-23(31)13-6-2-5-12-19-21-14-15-22(33-21)24(19)25-28-17-20(29-25)26(32)27-16-8-7-11-18-9-3-1-4-10-18/h2,5,17-19,21-22,24H,1,3-4,6-16H2,(H,27,32)(H,28,29)(H,30,31)/t19-,21-,22+,24-/m0/s1. The molecule has 4 rings (SSSR count). The minimum absolute atomic E-state index is 0.0828. The van der Waals surface area contributed by atoms with Crippen LogP contribution in [0.15, 0.2) is 18.3 Å². The van der Waals surface area contributed by atoms with Crippen molar-refractivity contribution in [2.75, 3.05) is 6.54 Å². The molecular formula is C26H39N3O4. The van der Waals surface area contributed by atoms with Crippen LogP contribution in [0.4, 0.5) is 0 Å². The van der Waals surface area contributed by atoms with Crippen LogP contribution in [0.5, 0.6) is 0 Å². The highest BCUT2D eigenvalue weighted by Crippen LogP contribution is 2.49. The average Bonchev–Trinajstić information content (AvgIpc) is 3.55. The number of hydrogen-bond acceptors (Lipinski definition) is 4. The van der Waals surface area contributed by atoms with E-state index < -0.39 is 5.97 Å². The Kier molecular flexibility index (Phi) is 8.59. The Hall–Kier alpha value is -2.15. The lowest BCUT2D eigenvalue weighted by Crippen LogP contribution is -2.27. The molecule has 1 aromatic heterocycles. The second-order valence-corrected chi connectivity index (χ2v) is 10.1. The second-order valence-electron chi connectivity index (χ2n) is 10.1. The topological polar surface area (TPSA) is 104 Å². The van der Waals surface area contributed by atoms with Gasteiger partial charge in [-0.2, -0.15) is 0 Å². The van der Waals surface area contributed by atoms with E-state index in [4.69, 9.17) is 9.84 Å². The van der Waals surface area contributed by atoms with Crippen LogP contribution in [0.1, 0.15) is 106 Å². The zero-order valence-electron chi connectivity index (χ0n) is 19.6. The van der Waals surface area contributed by atoms with Gasteiger partial charge in [0.15, 0.2) is 0 Å². The lowest BCUT2D eigenvalue weighted by molar-refractivity contribution is -0.136. The van der Waals surface area contributed by atoms with E-state index in [-0.39, 0.29) is 30.5 Å². The van der Waals surface area contributed by atoms with Crippen LogP contribution in [-0.2, 0) is 9.53 Å². The summed E-state index contributed by atoms with van der Waals surface area (Å²) < 4.78 is 6.17. The van der Waals surface area contributed by atoms with Gasteiger partial charge in [-0.15, -0.1) is 0 Å². The lowest BCUT2D eigenvalue weighted by atomic mass is 9.77. The van der Waals surface area contributed by atoms with Crippen molar-refractivity contribution in [2.45, 2.75) is 102 Å². The third-order valence-electron chi connectivity index (χ3n) is 7.73. The third kappa shape index (κ3) is 6.46. The van der Waals surface area contributed by atoms with Crippen LogP contribution in [0.3, 0.4) is 0 Å². The van der Waals surface area contributed by atoms with Gasteiger partial charge in [0.1, 0.15) is 11.5 Å². The van der Waals surface area contributed by atoms with E-state index in [1.165, 1.54) is 44.9 Å². The number of H-pyrrole nitrogens is 1. The number of imidazole rings is 1. The minimum atomic E-state index is -0.772. The molecule has 33 heavy (non-hydrogen) atoms. The highest BCUT2D eigenvalue weighted by atomic mass is 16.5.